The van der Waals surface area contributed by atoms with E-state index < -0.39 is 6.92 Å². The van der Waals surface area contributed by atoms with Crippen LogP contribution in [0.4, 0.5) is 20.2 Å². The van der Waals surface area contributed by atoms with Gasteiger partial charge in [0.05, 0.1) is 24.6 Å². The highest BCUT2D eigenvalue weighted by Gasteiger charge is 2.17. The number of anilines is 2. The maximum atomic E-state index is 13.1. The Balaban J connectivity index is 1.38. The first-order chi connectivity index (χ1) is 16.0. The lowest BCUT2D eigenvalue weighted by Gasteiger charge is -2.18. The van der Waals surface area contributed by atoms with Gasteiger partial charge in [0.25, 0.3) is 0 Å². The van der Waals surface area contributed by atoms with Crippen molar-refractivity contribution in [2.24, 2.45) is 0 Å². The van der Waals surface area contributed by atoms with Crippen LogP contribution in [0.2, 0.25) is 0 Å². The molecule has 2 N–H and O–H groups in total. The Bertz CT molecular complexity index is 1110. The first-order valence-corrected chi connectivity index (χ1v) is 10.4. The monoisotopic (exact) mass is 445 g/mol. The van der Waals surface area contributed by atoms with E-state index in [-0.39, 0.29) is 11.6 Å². The molecule has 0 bridgehead atoms. The van der Waals surface area contributed by atoms with Crippen molar-refractivity contribution in [3.8, 4) is 0 Å². The second-order valence-electron chi connectivity index (χ2n) is 7.65. The molecule has 4 aromatic carbocycles. The fraction of sp³-hybridized carbons (Fsp3) is 0.0769. The van der Waals surface area contributed by atoms with Gasteiger partial charge in [0, 0.05) is 0 Å². The molecular formula is C26H22BF2NO3. The highest BCUT2D eigenvalue weighted by Crippen LogP contribution is 2.24. The first kappa shape index (κ1) is 22.7. The molecule has 0 unspecified atom stereocenters. The van der Waals surface area contributed by atoms with E-state index in [0.29, 0.717) is 35.5 Å². The van der Waals surface area contributed by atoms with Crippen LogP contribution in [0.3, 0.4) is 0 Å². The average molecular weight is 445 g/mol. The topological polar surface area (TPSA) is 52.9 Å². The fourth-order valence-corrected chi connectivity index (χ4v) is 3.49. The van der Waals surface area contributed by atoms with Crippen LogP contribution in [-0.4, -0.2) is 17.1 Å². The molecule has 0 aliphatic carbocycles. The maximum Gasteiger partial charge on any atom is 0.358 e. The lowest BCUT2D eigenvalue weighted by molar-refractivity contribution is 0.107. The van der Waals surface area contributed by atoms with Crippen LogP contribution in [0.15, 0.2) is 97.1 Å². The minimum atomic E-state index is -0.857. The van der Waals surface area contributed by atoms with Crippen molar-refractivity contribution in [1.29, 1.82) is 0 Å². The molecule has 4 rings (SSSR count). The number of rotatable bonds is 8. The summed E-state index contributed by atoms with van der Waals surface area (Å²) in [6.45, 7) is -0.213. The molecule has 0 aliphatic heterocycles. The van der Waals surface area contributed by atoms with E-state index in [2.05, 4.69) is 0 Å². The highest BCUT2D eigenvalue weighted by atomic mass is 19.1. The standard InChI is InChI=1S/C26H22BF2NO3/c28-23-9-7-21(8-10-23)27(31)22-5-1-3-19(15-22)17-33-18-20-4-2-6-26(16-20)30(32)25-13-11-24(29)12-14-25/h1-16,31-32H,17-18H2. The van der Waals surface area contributed by atoms with Gasteiger partial charge >= 0.3 is 6.92 Å². The van der Waals surface area contributed by atoms with Crippen molar-refractivity contribution in [3.63, 3.8) is 0 Å². The summed E-state index contributed by atoms with van der Waals surface area (Å²) in [5.74, 6) is -0.720. The van der Waals surface area contributed by atoms with Gasteiger partial charge in [-0.15, -0.1) is 0 Å². The van der Waals surface area contributed by atoms with E-state index in [1.54, 1.807) is 30.3 Å². The van der Waals surface area contributed by atoms with Gasteiger partial charge in [-0.1, -0.05) is 48.5 Å². The number of nitrogens with zero attached hydrogens (tertiary/aromatic N) is 1. The van der Waals surface area contributed by atoms with Crippen LogP contribution in [0, 0.1) is 11.6 Å². The molecule has 0 radical (unpaired) electrons. The summed E-state index contributed by atoms with van der Waals surface area (Å²) in [5.41, 5.74) is 4.04. The summed E-state index contributed by atoms with van der Waals surface area (Å²) < 4.78 is 32.1. The van der Waals surface area contributed by atoms with Crippen LogP contribution in [0.5, 0.6) is 0 Å². The summed E-state index contributed by atoms with van der Waals surface area (Å²) in [6.07, 6.45) is 0. The van der Waals surface area contributed by atoms with Gasteiger partial charge in [-0.25, -0.2) is 13.8 Å². The Morgan fingerprint density at radius 3 is 1.91 bits per heavy atom. The van der Waals surface area contributed by atoms with Crippen molar-refractivity contribution in [2.75, 3.05) is 5.06 Å². The second-order valence-corrected chi connectivity index (χ2v) is 7.65. The van der Waals surface area contributed by atoms with Gasteiger partial charge in [-0.2, -0.15) is 0 Å². The molecule has 33 heavy (non-hydrogen) atoms. The molecule has 0 saturated carbocycles. The SMILES string of the molecule is OB(c1ccc(F)cc1)c1cccc(COCc2cccc(N(O)c3ccc(F)cc3)c2)c1. The summed E-state index contributed by atoms with van der Waals surface area (Å²) in [7, 11) is 0. The quantitative estimate of drug-likeness (QED) is 0.314. The Hall–Kier alpha value is -3.52. The Morgan fingerprint density at radius 2 is 1.24 bits per heavy atom. The van der Waals surface area contributed by atoms with Crippen molar-refractivity contribution < 1.29 is 23.7 Å². The van der Waals surface area contributed by atoms with Crippen LogP contribution >= 0.6 is 0 Å². The zero-order valence-corrected chi connectivity index (χ0v) is 17.7. The Kier molecular flexibility index (Phi) is 7.15. The van der Waals surface area contributed by atoms with Gasteiger partial charge in [0.15, 0.2) is 0 Å². The van der Waals surface area contributed by atoms with Crippen LogP contribution in [0.1, 0.15) is 11.1 Å². The minimum Gasteiger partial charge on any atom is -0.443 e. The van der Waals surface area contributed by atoms with E-state index in [9.17, 15) is 19.0 Å². The number of hydrogen-bond donors (Lipinski definition) is 2. The van der Waals surface area contributed by atoms with Crippen molar-refractivity contribution in [2.45, 2.75) is 13.2 Å². The Morgan fingerprint density at radius 1 is 0.667 bits per heavy atom. The Labute approximate surface area is 191 Å². The minimum absolute atomic E-state index is 0.315. The first-order valence-electron chi connectivity index (χ1n) is 10.4. The molecule has 0 amide bonds. The lowest BCUT2D eigenvalue weighted by Crippen LogP contribution is -2.42. The lowest BCUT2D eigenvalue weighted by atomic mass is 9.56. The highest BCUT2D eigenvalue weighted by molar-refractivity contribution is 6.78. The molecule has 0 spiro atoms. The summed E-state index contributed by atoms with van der Waals surface area (Å²) in [6, 6.07) is 26.0. The number of halogens is 2. The second kappa shape index (κ2) is 10.4. The van der Waals surface area contributed by atoms with Crippen molar-refractivity contribution in [3.05, 3.63) is 120 Å². The predicted molar refractivity (Wildman–Crippen MR) is 125 cm³/mol. The van der Waals surface area contributed by atoms with E-state index >= 15 is 0 Å². The van der Waals surface area contributed by atoms with Crippen LogP contribution in [-0.2, 0) is 18.0 Å². The van der Waals surface area contributed by atoms with Gasteiger partial charge < -0.3 is 9.76 Å². The zero-order valence-electron chi connectivity index (χ0n) is 17.7. The summed E-state index contributed by atoms with van der Waals surface area (Å²) in [4.78, 5) is 0. The average Bonchev–Trinajstić information content (AvgIpc) is 2.84. The maximum absolute atomic E-state index is 13.1. The van der Waals surface area contributed by atoms with Crippen molar-refractivity contribution in [1.82, 2.24) is 0 Å². The number of hydrogen-bond acceptors (Lipinski definition) is 4. The van der Waals surface area contributed by atoms with Crippen molar-refractivity contribution >= 4 is 29.2 Å². The summed E-state index contributed by atoms with van der Waals surface area (Å²) >= 11 is 0. The number of ether oxygens (including phenoxy) is 1. The fourth-order valence-electron chi connectivity index (χ4n) is 3.49. The molecule has 0 fully saturated rings. The van der Waals surface area contributed by atoms with E-state index in [0.717, 1.165) is 16.2 Å². The molecule has 166 valence electrons. The molecular weight excluding hydrogens is 423 g/mol. The van der Waals surface area contributed by atoms with E-state index in [1.807, 2.05) is 30.3 Å². The van der Waals surface area contributed by atoms with Crippen LogP contribution < -0.4 is 16.0 Å². The molecule has 4 aromatic rings. The molecule has 0 atom stereocenters. The van der Waals surface area contributed by atoms with E-state index in [4.69, 9.17) is 4.74 Å². The predicted octanol–water partition coefficient (Wildman–Crippen LogP) is 4.31. The third-order valence-electron chi connectivity index (χ3n) is 5.22. The summed E-state index contributed by atoms with van der Waals surface area (Å²) in [5, 5.41) is 22.0. The molecule has 7 heteroatoms. The third-order valence-corrected chi connectivity index (χ3v) is 5.22. The smallest absolute Gasteiger partial charge is 0.358 e. The van der Waals surface area contributed by atoms with E-state index in [1.165, 1.54) is 36.4 Å². The molecule has 0 heterocycles. The molecule has 0 aliphatic rings. The third kappa shape index (κ3) is 5.84. The number of benzene rings is 4. The molecule has 4 nitrogen and oxygen atoms in total. The largest absolute Gasteiger partial charge is 0.443 e. The normalized spacial score (nSPS) is 10.8. The van der Waals surface area contributed by atoms with Gasteiger partial charge in [0.1, 0.15) is 11.6 Å². The van der Waals surface area contributed by atoms with Gasteiger partial charge in [0.2, 0.25) is 0 Å². The van der Waals surface area contributed by atoms with Gasteiger partial charge in [-0.05, 0) is 70.6 Å². The zero-order chi connectivity index (χ0) is 23.2. The molecule has 0 saturated heterocycles. The molecule has 0 aromatic heterocycles. The van der Waals surface area contributed by atoms with Crippen LogP contribution in [0.25, 0.3) is 0 Å². The van der Waals surface area contributed by atoms with Gasteiger partial charge in [-0.3, -0.25) is 5.21 Å².